The summed E-state index contributed by atoms with van der Waals surface area (Å²) in [6, 6.07) is 6.71. The van der Waals surface area contributed by atoms with E-state index in [1.54, 1.807) is 13.2 Å². The molecule has 0 unspecified atom stereocenters. The maximum Gasteiger partial charge on any atom is 0.191 e. The maximum atomic E-state index is 13.2. The Morgan fingerprint density at radius 2 is 2.22 bits per heavy atom. The molecule has 0 aliphatic rings. The Balaban J connectivity index is 1.53. The normalized spacial score (nSPS) is 11.8. The van der Waals surface area contributed by atoms with Gasteiger partial charge in [0, 0.05) is 36.9 Å². The van der Waals surface area contributed by atoms with Gasteiger partial charge in [-0.05, 0) is 36.2 Å². The summed E-state index contributed by atoms with van der Waals surface area (Å²) in [5.74, 6) is 0.498. The van der Waals surface area contributed by atoms with Crippen LogP contribution < -0.4 is 10.6 Å². The van der Waals surface area contributed by atoms with Gasteiger partial charge < -0.3 is 15.6 Å². The molecule has 120 valence electrons. The van der Waals surface area contributed by atoms with Crippen LogP contribution in [0.15, 0.2) is 41.7 Å². The minimum absolute atomic E-state index is 0.229. The van der Waals surface area contributed by atoms with Gasteiger partial charge >= 0.3 is 0 Å². The largest absolute Gasteiger partial charge is 0.361 e. The van der Waals surface area contributed by atoms with Crippen LogP contribution in [0.25, 0.3) is 10.9 Å². The van der Waals surface area contributed by atoms with E-state index < -0.39 is 0 Å². The molecule has 2 aromatic heterocycles. The molecule has 7 heteroatoms. The van der Waals surface area contributed by atoms with E-state index in [-0.39, 0.29) is 5.82 Å². The standard InChI is InChI=1S/C16H19FN6/c1-18-16(21-10-13-5-7-22-23-13)19-6-4-11-9-20-15-8-12(17)2-3-14(11)15/h2-3,5,7-9,20H,4,6,10H2,1H3,(H,22,23)(H2,18,19,21). The highest BCUT2D eigenvalue weighted by molar-refractivity contribution is 5.83. The fourth-order valence-electron chi connectivity index (χ4n) is 2.46. The van der Waals surface area contributed by atoms with E-state index in [9.17, 15) is 4.39 Å². The van der Waals surface area contributed by atoms with Crippen LogP contribution in [0, 0.1) is 5.82 Å². The van der Waals surface area contributed by atoms with E-state index in [4.69, 9.17) is 0 Å². The topological polar surface area (TPSA) is 80.9 Å². The van der Waals surface area contributed by atoms with Crippen molar-refractivity contribution in [2.45, 2.75) is 13.0 Å². The molecule has 0 aliphatic carbocycles. The number of H-pyrrole nitrogens is 2. The highest BCUT2D eigenvalue weighted by Gasteiger charge is 2.05. The summed E-state index contributed by atoms with van der Waals surface area (Å²) in [5, 5.41) is 14.3. The Labute approximate surface area is 133 Å². The fourth-order valence-corrected chi connectivity index (χ4v) is 2.46. The van der Waals surface area contributed by atoms with E-state index in [0.717, 1.165) is 41.1 Å². The van der Waals surface area contributed by atoms with Crippen LogP contribution in [0.2, 0.25) is 0 Å². The zero-order chi connectivity index (χ0) is 16.1. The molecule has 0 fully saturated rings. The SMILES string of the molecule is CN=C(NCCc1c[nH]c2cc(F)ccc12)NCc1ccn[nH]1. The summed E-state index contributed by atoms with van der Waals surface area (Å²) in [6.45, 7) is 1.36. The summed E-state index contributed by atoms with van der Waals surface area (Å²) in [6.07, 6.45) is 4.45. The molecule has 0 saturated heterocycles. The van der Waals surface area contributed by atoms with Crippen molar-refractivity contribution in [3.8, 4) is 0 Å². The predicted molar refractivity (Wildman–Crippen MR) is 88.7 cm³/mol. The molecular formula is C16H19FN6. The van der Waals surface area contributed by atoms with Crippen molar-refractivity contribution in [2.75, 3.05) is 13.6 Å². The third-order valence-corrected chi connectivity index (χ3v) is 3.64. The first-order chi connectivity index (χ1) is 11.3. The predicted octanol–water partition coefficient (Wildman–Crippen LogP) is 1.94. The van der Waals surface area contributed by atoms with Crippen molar-refractivity contribution in [1.29, 1.82) is 0 Å². The van der Waals surface area contributed by atoms with Crippen molar-refractivity contribution in [2.24, 2.45) is 4.99 Å². The van der Waals surface area contributed by atoms with Crippen molar-refractivity contribution in [3.05, 3.63) is 53.7 Å². The van der Waals surface area contributed by atoms with Gasteiger partial charge in [-0.25, -0.2) is 4.39 Å². The van der Waals surface area contributed by atoms with Gasteiger partial charge in [0.25, 0.3) is 0 Å². The number of fused-ring (bicyclic) bond motifs is 1. The zero-order valence-electron chi connectivity index (χ0n) is 12.9. The number of aromatic nitrogens is 3. The van der Waals surface area contributed by atoms with E-state index in [1.807, 2.05) is 18.3 Å². The average molecular weight is 314 g/mol. The van der Waals surface area contributed by atoms with Gasteiger partial charge in [0.15, 0.2) is 5.96 Å². The minimum atomic E-state index is -0.229. The number of hydrogen-bond donors (Lipinski definition) is 4. The molecule has 0 radical (unpaired) electrons. The highest BCUT2D eigenvalue weighted by atomic mass is 19.1. The van der Waals surface area contributed by atoms with Crippen LogP contribution in [-0.4, -0.2) is 34.7 Å². The Kier molecular flexibility index (Phi) is 4.56. The first-order valence-electron chi connectivity index (χ1n) is 7.44. The number of aliphatic imine (C=N–C) groups is 1. The Bertz CT molecular complexity index is 790. The minimum Gasteiger partial charge on any atom is -0.361 e. The molecule has 0 saturated carbocycles. The van der Waals surface area contributed by atoms with Gasteiger partial charge in [-0.15, -0.1) is 0 Å². The first-order valence-corrected chi connectivity index (χ1v) is 7.44. The molecule has 4 N–H and O–H groups in total. The average Bonchev–Trinajstić information content (AvgIpc) is 3.20. The van der Waals surface area contributed by atoms with E-state index >= 15 is 0 Å². The zero-order valence-corrected chi connectivity index (χ0v) is 12.9. The van der Waals surface area contributed by atoms with Gasteiger partial charge in [0.2, 0.25) is 0 Å². The second kappa shape index (κ2) is 6.95. The van der Waals surface area contributed by atoms with Gasteiger partial charge in [0.1, 0.15) is 5.82 Å². The lowest BCUT2D eigenvalue weighted by atomic mass is 10.1. The van der Waals surface area contributed by atoms with Crippen molar-refractivity contribution in [1.82, 2.24) is 25.8 Å². The Morgan fingerprint density at radius 1 is 1.30 bits per heavy atom. The van der Waals surface area contributed by atoms with Crippen LogP contribution in [-0.2, 0) is 13.0 Å². The van der Waals surface area contributed by atoms with Crippen LogP contribution in [0.3, 0.4) is 0 Å². The molecule has 23 heavy (non-hydrogen) atoms. The van der Waals surface area contributed by atoms with E-state index in [1.165, 1.54) is 12.1 Å². The molecule has 3 rings (SSSR count). The number of hydrogen-bond acceptors (Lipinski definition) is 2. The van der Waals surface area contributed by atoms with Crippen LogP contribution in [0.1, 0.15) is 11.3 Å². The molecule has 0 amide bonds. The number of nitrogens with zero attached hydrogens (tertiary/aromatic N) is 2. The molecule has 1 aromatic carbocycles. The molecular weight excluding hydrogens is 295 g/mol. The first kappa shape index (κ1) is 15.1. The third-order valence-electron chi connectivity index (χ3n) is 3.64. The lowest BCUT2D eigenvalue weighted by Gasteiger charge is -2.10. The van der Waals surface area contributed by atoms with Gasteiger partial charge in [-0.1, -0.05) is 0 Å². The molecule has 0 spiro atoms. The summed E-state index contributed by atoms with van der Waals surface area (Å²) < 4.78 is 13.2. The molecule has 3 aromatic rings. The van der Waals surface area contributed by atoms with Crippen molar-refractivity contribution < 1.29 is 4.39 Å². The van der Waals surface area contributed by atoms with E-state index in [0.29, 0.717) is 6.54 Å². The van der Waals surface area contributed by atoms with Crippen LogP contribution in [0.5, 0.6) is 0 Å². The molecule has 0 atom stereocenters. The van der Waals surface area contributed by atoms with Crippen LogP contribution >= 0.6 is 0 Å². The fraction of sp³-hybridized carbons (Fsp3) is 0.250. The van der Waals surface area contributed by atoms with Crippen LogP contribution in [0.4, 0.5) is 4.39 Å². The quantitative estimate of drug-likeness (QED) is 0.429. The van der Waals surface area contributed by atoms with Gasteiger partial charge in [-0.2, -0.15) is 5.10 Å². The Hall–Kier alpha value is -2.83. The summed E-state index contributed by atoms with van der Waals surface area (Å²) in [4.78, 5) is 7.28. The maximum absolute atomic E-state index is 13.2. The lowest BCUT2D eigenvalue weighted by Crippen LogP contribution is -2.37. The smallest absolute Gasteiger partial charge is 0.191 e. The number of rotatable bonds is 5. The van der Waals surface area contributed by atoms with Gasteiger partial charge in [-0.3, -0.25) is 10.1 Å². The molecule has 0 aliphatic heterocycles. The highest BCUT2D eigenvalue weighted by Crippen LogP contribution is 2.19. The lowest BCUT2D eigenvalue weighted by molar-refractivity contribution is 0.629. The summed E-state index contributed by atoms with van der Waals surface area (Å²) in [5.41, 5.74) is 2.96. The van der Waals surface area contributed by atoms with Crippen molar-refractivity contribution >= 4 is 16.9 Å². The number of halogens is 1. The second-order valence-electron chi connectivity index (χ2n) is 5.19. The third kappa shape index (κ3) is 3.68. The summed E-state index contributed by atoms with van der Waals surface area (Å²) in [7, 11) is 1.73. The van der Waals surface area contributed by atoms with Gasteiger partial charge in [0.05, 0.1) is 12.2 Å². The van der Waals surface area contributed by atoms with E-state index in [2.05, 4.69) is 30.8 Å². The number of guanidine groups is 1. The number of aromatic amines is 2. The monoisotopic (exact) mass is 314 g/mol. The number of benzene rings is 1. The molecule has 0 bridgehead atoms. The molecule has 6 nitrogen and oxygen atoms in total. The second-order valence-corrected chi connectivity index (χ2v) is 5.19. The van der Waals surface area contributed by atoms with Crippen molar-refractivity contribution in [3.63, 3.8) is 0 Å². The number of nitrogens with one attached hydrogen (secondary N) is 4. The molecule has 2 heterocycles. The Morgan fingerprint density at radius 3 is 3.00 bits per heavy atom. The summed E-state index contributed by atoms with van der Waals surface area (Å²) >= 11 is 0.